The van der Waals surface area contributed by atoms with E-state index < -0.39 is 5.82 Å². The minimum absolute atomic E-state index is 0.0637. The van der Waals surface area contributed by atoms with Crippen molar-refractivity contribution in [1.82, 2.24) is 4.90 Å². The maximum atomic E-state index is 13.4. The van der Waals surface area contributed by atoms with E-state index in [1.807, 2.05) is 0 Å². The third kappa shape index (κ3) is 3.01. The molecule has 2 rings (SSSR count). The Kier molecular flexibility index (Phi) is 3.74. The Hall–Kier alpha value is -1.00. The highest BCUT2D eigenvalue weighted by molar-refractivity contribution is 6.31. The van der Waals surface area contributed by atoms with Gasteiger partial charge in [-0.3, -0.25) is 0 Å². The molecular weight excluding hydrogens is 241 g/mol. The van der Waals surface area contributed by atoms with E-state index in [-0.39, 0.29) is 5.02 Å². The Morgan fingerprint density at radius 1 is 1.53 bits per heavy atom. The van der Waals surface area contributed by atoms with Gasteiger partial charge in [0.1, 0.15) is 5.82 Å². The largest absolute Gasteiger partial charge is 0.397 e. The molecule has 1 aliphatic rings. The summed E-state index contributed by atoms with van der Waals surface area (Å²) >= 11 is 5.66. The molecule has 1 aliphatic heterocycles. The number of nitrogen functional groups attached to an aromatic ring is 1. The first-order chi connectivity index (χ1) is 8.06. The number of likely N-dealkylation sites (tertiary alicyclic amines) is 1. The van der Waals surface area contributed by atoms with Gasteiger partial charge in [-0.15, -0.1) is 0 Å². The molecule has 0 amide bonds. The number of nitrogens with one attached hydrogen (secondary N) is 1. The van der Waals surface area contributed by atoms with Crippen molar-refractivity contribution in [2.24, 2.45) is 0 Å². The van der Waals surface area contributed by atoms with Crippen molar-refractivity contribution in [2.75, 3.05) is 31.2 Å². The fourth-order valence-electron chi connectivity index (χ4n) is 2.19. The lowest BCUT2D eigenvalue weighted by Crippen LogP contribution is -2.39. The zero-order chi connectivity index (χ0) is 12.4. The summed E-state index contributed by atoms with van der Waals surface area (Å²) in [7, 11) is 2.08. The molecule has 94 valence electrons. The molecule has 5 heteroatoms. The maximum Gasteiger partial charge on any atom is 0.143 e. The first kappa shape index (κ1) is 12.5. The Morgan fingerprint density at radius 2 is 2.29 bits per heavy atom. The zero-order valence-electron chi connectivity index (χ0n) is 9.84. The molecule has 0 spiro atoms. The molecule has 1 aromatic carbocycles. The van der Waals surface area contributed by atoms with Crippen LogP contribution in [0.2, 0.25) is 5.02 Å². The standard InChI is InChI=1S/C12H17ClFN3/c1-17-4-2-3-8(7-17)16-12-6-10(14)9(13)5-11(12)15/h5-6,8,16H,2-4,7,15H2,1H3. The summed E-state index contributed by atoms with van der Waals surface area (Å²) in [6, 6.07) is 3.13. The smallest absolute Gasteiger partial charge is 0.143 e. The van der Waals surface area contributed by atoms with E-state index in [1.54, 1.807) is 0 Å². The second-order valence-corrected chi connectivity index (χ2v) is 5.01. The third-order valence-corrected chi connectivity index (χ3v) is 3.37. The quantitative estimate of drug-likeness (QED) is 0.800. The molecule has 3 N–H and O–H groups in total. The highest BCUT2D eigenvalue weighted by Gasteiger charge is 2.18. The van der Waals surface area contributed by atoms with Crippen molar-refractivity contribution in [3.05, 3.63) is 23.0 Å². The number of likely N-dealkylation sites (N-methyl/N-ethyl adjacent to an activating group) is 1. The molecule has 1 aromatic rings. The Labute approximate surface area is 106 Å². The minimum Gasteiger partial charge on any atom is -0.397 e. The van der Waals surface area contributed by atoms with Gasteiger partial charge >= 0.3 is 0 Å². The number of rotatable bonds is 2. The molecule has 0 aliphatic carbocycles. The van der Waals surface area contributed by atoms with Crippen LogP contribution in [0.3, 0.4) is 0 Å². The number of nitrogens with zero attached hydrogens (tertiary/aromatic N) is 1. The molecule has 1 unspecified atom stereocenters. The second-order valence-electron chi connectivity index (χ2n) is 4.60. The molecule has 0 bridgehead atoms. The molecule has 1 heterocycles. The first-order valence-electron chi connectivity index (χ1n) is 5.76. The zero-order valence-corrected chi connectivity index (χ0v) is 10.6. The predicted octanol–water partition coefficient (Wildman–Crippen LogP) is 2.57. The van der Waals surface area contributed by atoms with Crippen molar-refractivity contribution in [1.29, 1.82) is 0 Å². The van der Waals surface area contributed by atoms with Crippen molar-refractivity contribution in [2.45, 2.75) is 18.9 Å². The van der Waals surface area contributed by atoms with E-state index in [9.17, 15) is 4.39 Å². The summed E-state index contributed by atoms with van der Waals surface area (Å²) in [6.07, 6.45) is 2.22. The second kappa shape index (κ2) is 5.10. The number of benzene rings is 1. The Bertz CT molecular complexity index is 411. The number of piperidine rings is 1. The minimum atomic E-state index is -0.437. The molecule has 0 aromatic heterocycles. The van der Waals surface area contributed by atoms with Gasteiger partial charge in [0.25, 0.3) is 0 Å². The van der Waals surface area contributed by atoms with Crippen LogP contribution in [0.4, 0.5) is 15.8 Å². The maximum absolute atomic E-state index is 13.4. The average molecular weight is 258 g/mol. The van der Waals surface area contributed by atoms with Crippen LogP contribution in [-0.4, -0.2) is 31.1 Å². The van der Waals surface area contributed by atoms with E-state index in [2.05, 4.69) is 17.3 Å². The number of anilines is 2. The van der Waals surface area contributed by atoms with Gasteiger partial charge in [0, 0.05) is 18.7 Å². The van der Waals surface area contributed by atoms with Crippen molar-refractivity contribution >= 4 is 23.0 Å². The molecule has 3 nitrogen and oxygen atoms in total. The van der Waals surface area contributed by atoms with Gasteiger partial charge in [-0.1, -0.05) is 11.6 Å². The fraction of sp³-hybridized carbons (Fsp3) is 0.500. The summed E-state index contributed by atoms with van der Waals surface area (Å²) in [5.41, 5.74) is 6.94. The van der Waals surface area contributed by atoms with Crippen molar-refractivity contribution < 1.29 is 4.39 Å². The topological polar surface area (TPSA) is 41.3 Å². The van der Waals surface area contributed by atoms with Crippen LogP contribution in [0.1, 0.15) is 12.8 Å². The molecule has 17 heavy (non-hydrogen) atoms. The molecular formula is C12H17ClFN3. The third-order valence-electron chi connectivity index (χ3n) is 3.08. The molecule has 1 atom stereocenters. The van der Waals surface area contributed by atoms with E-state index in [4.69, 9.17) is 17.3 Å². The molecule has 0 radical (unpaired) electrons. The highest BCUT2D eigenvalue weighted by Crippen LogP contribution is 2.27. The van der Waals surface area contributed by atoms with Crippen molar-refractivity contribution in [3.8, 4) is 0 Å². The number of hydrogen-bond acceptors (Lipinski definition) is 3. The SMILES string of the molecule is CN1CCCC(Nc2cc(F)c(Cl)cc2N)C1. The van der Waals surface area contributed by atoms with Gasteiger partial charge in [0.2, 0.25) is 0 Å². The fourth-order valence-corrected chi connectivity index (χ4v) is 2.36. The summed E-state index contributed by atoms with van der Waals surface area (Å²) in [5.74, 6) is -0.437. The summed E-state index contributed by atoms with van der Waals surface area (Å²) in [5, 5.41) is 3.35. The van der Waals surface area contributed by atoms with E-state index >= 15 is 0 Å². The van der Waals surface area contributed by atoms with Crippen LogP contribution in [-0.2, 0) is 0 Å². The van der Waals surface area contributed by atoms with Crippen LogP contribution in [0.5, 0.6) is 0 Å². The van der Waals surface area contributed by atoms with E-state index in [1.165, 1.54) is 12.1 Å². The number of halogens is 2. The molecule has 0 saturated carbocycles. The monoisotopic (exact) mass is 257 g/mol. The van der Waals surface area contributed by atoms with Gasteiger partial charge in [-0.25, -0.2) is 4.39 Å². The summed E-state index contributed by atoms with van der Waals surface area (Å²) < 4.78 is 13.4. The molecule has 1 saturated heterocycles. The van der Waals surface area contributed by atoms with Crippen LogP contribution in [0.15, 0.2) is 12.1 Å². The Balaban J connectivity index is 2.10. The lowest BCUT2D eigenvalue weighted by atomic mass is 10.1. The highest BCUT2D eigenvalue weighted by atomic mass is 35.5. The normalized spacial score (nSPS) is 21.5. The van der Waals surface area contributed by atoms with Gasteiger partial charge in [-0.2, -0.15) is 0 Å². The van der Waals surface area contributed by atoms with Crippen LogP contribution in [0.25, 0.3) is 0 Å². The van der Waals surface area contributed by atoms with Gasteiger partial charge in [0.05, 0.1) is 16.4 Å². The van der Waals surface area contributed by atoms with E-state index in [0.717, 1.165) is 25.9 Å². The first-order valence-corrected chi connectivity index (χ1v) is 6.13. The van der Waals surface area contributed by atoms with Gasteiger partial charge in [-0.05, 0) is 32.5 Å². The van der Waals surface area contributed by atoms with E-state index in [0.29, 0.717) is 17.4 Å². The lowest BCUT2D eigenvalue weighted by molar-refractivity contribution is 0.261. The van der Waals surface area contributed by atoms with Crippen molar-refractivity contribution in [3.63, 3.8) is 0 Å². The lowest BCUT2D eigenvalue weighted by Gasteiger charge is -2.31. The van der Waals surface area contributed by atoms with Crippen LogP contribution in [0, 0.1) is 5.82 Å². The summed E-state index contributed by atoms with van der Waals surface area (Å²) in [4.78, 5) is 2.25. The molecule has 1 fully saturated rings. The van der Waals surface area contributed by atoms with Gasteiger partial charge < -0.3 is 16.0 Å². The summed E-state index contributed by atoms with van der Waals surface area (Å²) in [6.45, 7) is 2.06. The number of hydrogen-bond donors (Lipinski definition) is 2. The number of nitrogens with two attached hydrogens (primary N) is 1. The Morgan fingerprint density at radius 3 is 3.00 bits per heavy atom. The van der Waals surface area contributed by atoms with Crippen LogP contribution >= 0.6 is 11.6 Å². The van der Waals surface area contributed by atoms with Crippen LogP contribution < -0.4 is 11.1 Å². The predicted molar refractivity (Wildman–Crippen MR) is 70.0 cm³/mol. The average Bonchev–Trinajstić information content (AvgIpc) is 2.26. The van der Waals surface area contributed by atoms with Gasteiger partial charge in [0.15, 0.2) is 0 Å².